The topological polar surface area (TPSA) is 41.1 Å². The van der Waals surface area contributed by atoms with Gasteiger partial charge in [0, 0.05) is 12.5 Å². The molecule has 1 amide bonds. The van der Waals surface area contributed by atoms with Gasteiger partial charge in [-0.3, -0.25) is 4.79 Å². The van der Waals surface area contributed by atoms with E-state index in [-0.39, 0.29) is 11.8 Å². The van der Waals surface area contributed by atoms with E-state index >= 15 is 0 Å². The predicted molar refractivity (Wildman–Crippen MR) is 123 cm³/mol. The molecule has 28 heavy (non-hydrogen) atoms. The van der Waals surface area contributed by atoms with Crippen LogP contribution < -0.4 is 10.6 Å². The van der Waals surface area contributed by atoms with Crippen molar-refractivity contribution >= 4 is 24.1 Å². The summed E-state index contributed by atoms with van der Waals surface area (Å²) in [5.41, 5.74) is 3.75. The lowest BCUT2D eigenvalue weighted by atomic mass is 9.86. The molecule has 1 aromatic rings. The molecule has 4 heteroatoms. The Kier molecular flexibility index (Phi) is 9.59. The maximum Gasteiger partial charge on any atom is 0.233 e. The summed E-state index contributed by atoms with van der Waals surface area (Å²) < 4.78 is 0. The second-order valence-electron chi connectivity index (χ2n) is 7.44. The first kappa shape index (κ1) is 22.5. The van der Waals surface area contributed by atoms with Gasteiger partial charge in [-0.1, -0.05) is 48.6 Å². The Morgan fingerprint density at radius 2 is 2.04 bits per heavy atom. The Bertz CT molecular complexity index is 732. The van der Waals surface area contributed by atoms with Crippen LogP contribution in [0.1, 0.15) is 44.2 Å². The van der Waals surface area contributed by atoms with Gasteiger partial charge >= 0.3 is 0 Å². The van der Waals surface area contributed by atoms with E-state index in [4.69, 9.17) is 12.6 Å². The van der Waals surface area contributed by atoms with E-state index in [1.165, 1.54) is 29.5 Å². The molecule has 2 N–H and O–H groups in total. The minimum absolute atomic E-state index is 0.0652. The van der Waals surface area contributed by atoms with Crippen LogP contribution in [0.2, 0.25) is 0 Å². The zero-order valence-corrected chi connectivity index (χ0v) is 18.3. The number of hydrogen-bond donors (Lipinski definition) is 3. The molecule has 1 aliphatic rings. The highest BCUT2D eigenvalue weighted by Crippen LogP contribution is 2.35. The average molecular weight is 399 g/mol. The number of hydrogen-bond acceptors (Lipinski definition) is 3. The van der Waals surface area contributed by atoms with Crippen molar-refractivity contribution in [1.82, 2.24) is 10.6 Å². The molecule has 0 spiro atoms. The van der Waals surface area contributed by atoms with Crippen molar-refractivity contribution in [1.29, 1.82) is 0 Å². The molecule has 0 heterocycles. The van der Waals surface area contributed by atoms with E-state index in [0.717, 1.165) is 23.8 Å². The lowest BCUT2D eigenvalue weighted by Crippen LogP contribution is -2.35. The number of carbonyl (C=O) groups excluding carboxylic acids is 1. The van der Waals surface area contributed by atoms with E-state index in [1.807, 2.05) is 19.1 Å². The summed E-state index contributed by atoms with van der Waals surface area (Å²) in [5.74, 6) is 0.993. The summed E-state index contributed by atoms with van der Waals surface area (Å²) in [4.78, 5) is 13.1. The molecule has 1 aromatic carbocycles. The molecule has 0 radical (unpaired) electrons. The first-order chi connectivity index (χ1) is 13.6. The first-order valence-corrected chi connectivity index (χ1v) is 10.7. The normalized spacial score (nSPS) is 16.4. The molecule has 0 aliphatic heterocycles. The molecular weight excluding hydrogens is 364 g/mol. The number of aryl methyl sites for hydroxylation is 1. The summed E-state index contributed by atoms with van der Waals surface area (Å²) >= 11 is 4.79. The van der Waals surface area contributed by atoms with Gasteiger partial charge in [0.05, 0.1) is 6.54 Å². The lowest BCUT2D eigenvalue weighted by Gasteiger charge is -2.23. The lowest BCUT2D eigenvalue weighted by molar-refractivity contribution is -0.120. The Labute approximate surface area is 175 Å². The van der Waals surface area contributed by atoms with Crippen LogP contribution in [-0.2, 0) is 4.79 Å². The largest absolute Gasteiger partial charge is 0.355 e. The number of amides is 1. The predicted octanol–water partition coefficient (Wildman–Crippen LogP) is 4.91. The molecule has 3 nitrogen and oxygen atoms in total. The number of rotatable bonds is 11. The Hall–Kier alpha value is -1.78. The zero-order valence-electron chi connectivity index (χ0n) is 17.4. The molecule has 0 saturated heterocycles. The molecule has 152 valence electrons. The van der Waals surface area contributed by atoms with Crippen LogP contribution in [0, 0.1) is 18.8 Å². The smallest absolute Gasteiger partial charge is 0.233 e. The molecule has 1 unspecified atom stereocenters. The highest BCUT2D eigenvalue weighted by Gasteiger charge is 2.21. The molecule has 2 rings (SSSR count). The molecule has 1 atom stereocenters. The molecule has 0 bridgehead atoms. The summed E-state index contributed by atoms with van der Waals surface area (Å²) in [6.07, 6.45) is 11.6. The van der Waals surface area contributed by atoms with Gasteiger partial charge in [0.25, 0.3) is 0 Å². The summed E-state index contributed by atoms with van der Waals surface area (Å²) in [6.45, 7) is 8.20. The minimum atomic E-state index is 0.0652. The van der Waals surface area contributed by atoms with Crippen LogP contribution >= 0.6 is 12.6 Å². The fourth-order valence-electron chi connectivity index (χ4n) is 3.35. The zero-order chi connectivity index (χ0) is 20.4. The van der Waals surface area contributed by atoms with E-state index < -0.39 is 0 Å². The van der Waals surface area contributed by atoms with Gasteiger partial charge in [0.2, 0.25) is 5.91 Å². The van der Waals surface area contributed by atoms with E-state index in [2.05, 4.69) is 60.9 Å². The van der Waals surface area contributed by atoms with Crippen LogP contribution in [0.4, 0.5) is 0 Å². The van der Waals surface area contributed by atoms with Crippen molar-refractivity contribution < 1.29 is 4.79 Å². The molecule has 0 aromatic heterocycles. The van der Waals surface area contributed by atoms with Gasteiger partial charge in [0.1, 0.15) is 0 Å². The number of carbonyl (C=O) groups is 1. The van der Waals surface area contributed by atoms with Crippen molar-refractivity contribution in [2.45, 2.75) is 40.0 Å². The summed E-state index contributed by atoms with van der Waals surface area (Å²) in [7, 11) is 0. The third-order valence-corrected chi connectivity index (χ3v) is 5.59. The Morgan fingerprint density at radius 1 is 1.29 bits per heavy atom. The second kappa shape index (κ2) is 11.9. The second-order valence-corrected chi connectivity index (χ2v) is 7.96. The third-order valence-electron chi connectivity index (χ3n) is 5.13. The molecular formula is C24H34N2OS. The van der Waals surface area contributed by atoms with Crippen molar-refractivity contribution in [3.63, 3.8) is 0 Å². The van der Waals surface area contributed by atoms with Gasteiger partial charge in [-0.2, -0.15) is 0 Å². The fraction of sp³-hybridized carbons (Fsp3) is 0.458. The SMILES string of the molecule is C/C=C\C=C(/S)C(CCNC(=O)CNCC1CC1)/C(=C/C)c1ccccc1C. The quantitative estimate of drug-likeness (QED) is 0.366. The number of thiol groups is 1. The minimum Gasteiger partial charge on any atom is -0.355 e. The van der Waals surface area contributed by atoms with Crippen LogP contribution in [0.25, 0.3) is 5.57 Å². The molecule has 1 fully saturated rings. The average Bonchev–Trinajstić information content (AvgIpc) is 3.51. The van der Waals surface area contributed by atoms with E-state index in [1.54, 1.807) is 0 Å². The Balaban J connectivity index is 2.02. The van der Waals surface area contributed by atoms with Gasteiger partial charge in [-0.25, -0.2) is 0 Å². The van der Waals surface area contributed by atoms with Crippen molar-refractivity contribution in [3.8, 4) is 0 Å². The summed E-state index contributed by atoms with van der Waals surface area (Å²) in [5, 5.41) is 6.30. The van der Waals surface area contributed by atoms with Crippen molar-refractivity contribution in [2.75, 3.05) is 19.6 Å². The van der Waals surface area contributed by atoms with Crippen molar-refractivity contribution in [2.24, 2.45) is 11.8 Å². The van der Waals surface area contributed by atoms with Crippen LogP contribution in [-0.4, -0.2) is 25.5 Å². The summed E-state index contributed by atoms with van der Waals surface area (Å²) in [6, 6.07) is 8.43. The maximum atomic E-state index is 12.1. The van der Waals surface area contributed by atoms with Crippen LogP contribution in [0.15, 0.2) is 53.5 Å². The standard InChI is InChI=1S/C24H34N2OS/c1-4-6-11-23(28)22(20(5-2)21-10-8-7-9-18(21)3)14-15-26-24(27)17-25-16-19-12-13-19/h4-11,19,22,25,28H,12-17H2,1-3H3,(H,26,27)/b6-4-,20-5+,23-11-. The highest BCUT2D eigenvalue weighted by atomic mass is 32.1. The first-order valence-electron chi connectivity index (χ1n) is 10.3. The van der Waals surface area contributed by atoms with Gasteiger partial charge < -0.3 is 10.6 Å². The van der Waals surface area contributed by atoms with E-state index in [9.17, 15) is 4.79 Å². The van der Waals surface area contributed by atoms with Crippen LogP contribution in [0.3, 0.4) is 0 Å². The van der Waals surface area contributed by atoms with Crippen molar-refractivity contribution in [3.05, 3.63) is 64.6 Å². The Morgan fingerprint density at radius 3 is 2.68 bits per heavy atom. The molecule has 1 saturated carbocycles. The number of nitrogens with one attached hydrogen (secondary N) is 2. The molecule has 1 aliphatic carbocycles. The maximum absolute atomic E-state index is 12.1. The fourth-order valence-corrected chi connectivity index (χ4v) is 3.70. The third kappa shape index (κ3) is 7.33. The van der Waals surface area contributed by atoms with Gasteiger partial charge in [0.15, 0.2) is 0 Å². The number of allylic oxidation sites excluding steroid dienone is 6. The highest BCUT2D eigenvalue weighted by molar-refractivity contribution is 7.84. The van der Waals surface area contributed by atoms with E-state index in [0.29, 0.717) is 13.1 Å². The van der Waals surface area contributed by atoms with Crippen LogP contribution in [0.5, 0.6) is 0 Å². The van der Waals surface area contributed by atoms with Gasteiger partial charge in [-0.15, -0.1) is 12.6 Å². The monoisotopic (exact) mass is 398 g/mol. The van der Waals surface area contributed by atoms with Gasteiger partial charge in [-0.05, 0) is 74.1 Å². The number of benzene rings is 1.